The second-order valence-electron chi connectivity index (χ2n) is 6.78. The number of rotatable bonds is 5. The number of aryl methyl sites for hydroxylation is 2. The lowest BCUT2D eigenvalue weighted by molar-refractivity contribution is -0.118. The number of hydrogen-bond donors (Lipinski definition) is 1. The van der Waals surface area contributed by atoms with Crippen LogP contribution in [0.5, 0.6) is 5.75 Å². The van der Waals surface area contributed by atoms with E-state index in [0.717, 1.165) is 16.7 Å². The average molecular weight is 407 g/mol. The van der Waals surface area contributed by atoms with Gasteiger partial charge in [0.25, 0.3) is 5.91 Å². The second kappa shape index (κ2) is 7.97. The zero-order chi connectivity index (χ0) is 20.4. The van der Waals surface area contributed by atoms with Gasteiger partial charge in [-0.2, -0.15) is 0 Å². The van der Waals surface area contributed by atoms with Gasteiger partial charge in [0, 0.05) is 16.3 Å². The molecular weight excluding hydrogens is 388 g/mol. The number of nitrogens with one attached hydrogen (secondary N) is 1. The predicted octanol–water partition coefficient (Wildman–Crippen LogP) is 5.78. The maximum atomic E-state index is 12.3. The van der Waals surface area contributed by atoms with E-state index in [1.165, 1.54) is 0 Å². The quantitative estimate of drug-likeness (QED) is 0.456. The van der Waals surface area contributed by atoms with Crippen molar-refractivity contribution >= 4 is 34.3 Å². The highest BCUT2D eigenvalue weighted by molar-refractivity contribution is 6.32. The van der Waals surface area contributed by atoms with E-state index in [9.17, 15) is 4.79 Å². The Kier molecular flexibility index (Phi) is 5.23. The van der Waals surface area contributed by atoms with Crippen LogP contribution in [0, 0.1) is 13.8 Å². The van der Waals surface area contributed by atoms with Gasteiger partial charge >= 0.3 is 0 Å². The summed E-state index contributed by atoms with van der Waals surface area (Å²) in [5, 5.41) is 3.53. The Bertz CT molecular complexity index is 1160. The lowest BCUT2D eigenvalue weighted by Crippen LogP contribution is -2.20. The summed E-state index contributed by atoms with van der Waals surface area (Å²) < 4.78 is 11.4. The first-order chi connectivity index (χ1) is 14.0. The van der Waals surface area contributed by atoms with E-state index in [-0.39, 0.29) is 12.5 Å². The lowest BCUT2D eigenvalue weighted by Gasteiger charge is -2.10. The molecular formula is C23H19ClN2O3. The topological polar surface area (TPSA) is 64.4 Å². The Hall–Kier alpha value is -3.31. The molecule has 0 saturated heterocycles. The van der Waals surface area contributed by atoms with Gasteiger partial charge in [-0.3, -0.25) is 4.79 Å². The van der Waals surface area contributed by atoms with Crippen LogP contribution in [0.25, 0.3) is 22.6 Å². The third-order valence-corrected chi connectivity index (χ3v) is 5.07. The third kappa shape index (κ3) is 4.25. The van der Waals surface area contributed by atoms with Crippen LogP contribution in [-0.2, 0) is 4.79 Å². The number of halogens is 1. The Morgan fingerprint density at radius 3 is 2.52 bits per heavy atom. The van der Waals surface area contributed by atoms with Gasteiger partial charge in [0.2, 0.25) is 5.89 Å². The highest BCUT2D eigenvalue weighted by Gasteiger charge is 2.11. The average Bonchev–Trinajstić information content (AvgIpc) is 3.14. The predicted molar refractivity (Wildman–Crippen MR) is 114 cm³/mol. The summed E-state index contributed by atoms with van der Waals surface area (Å²) in [6, 6.07) is 18.6. The molecule has 1 heterocycles. The van der Waals surface area contributed by atoms with Crippen LogP contribution in [0.15, 0.2) is 65.1 Å². The molecule has 0 bridgehead atoms. The van der Waals surface area contributed by atoms with Crippen LogP contribution in [0.1, 0.15) is 11.1 Å². The van der Waals surface area contributed by atoms with Gasteiger partial charge in [0.15, 0.2) is 12.2 Å². The fourth-order valence-corrected chi connectivity index (χ4v) is 3.15. The molecule has 1 aromatic heterocycles. The summed E-state index contributed by atoms with van der Waals surface area (Å²) in [5.41, 5.74) is 4.68. The number of anilines is 1. The summed E-state index contributed by atoms with van der Waals surface area (Å²) >= 11 is 6.16. The van der Waals surface area contributed by atoms with Crippen molar-refractivity contribution in [2.75, 3.05) is 11.9 Å². The van der Waals surface area contributed by atoms with Gasteiger partial charge in [-0.15, -0.1) is 0 Å². The monoisotopic (exact) mass is 406 g/mol. The van der Waals surface area contributed by atoms with Gasteiger partial charge in [-0.25, -0.2) is 4.98 Å². The number of carbonyl (C=O) groups excluding carboxylic acids is 1. The summed E-state index contributed by atoms with van der Waals surface area (Å²) in [7, 11) is 0. The van der Waals surface area contributed by atoms with Gasteiger partial charge in [-0.05, 0) is 67.4 Å². The summed E-state index contributed by atoms with van der Waals surface area (Å²) in [6.45, 7) is 3.70. The molecule has 146 valence electrons. The number of benzene rings is 3. The van der Waals surface area contributed by atoms with Crippen molar-refractivity contribution in [2.24, 2.45) is 0 Å². The Morgan fingerprint density at radius 1 is 1.07 bits per heavy atom. The number of oxazole rings is 1. The van der Waals surface area contributed by atoms with E-state index < -0.39 is 0 Å². The normalized spacial score (nSPS) is 10.9. The highest BCUT2D eigenvalue weighted by atomic mass is 35.5. The van der Waals surface area contributed by atoms with Gasteiger partial charge < -0.3 is 14.5 Å². The van der Waals surface area contributed by atoms with Crippen LogP contribution in [0.4, 0.5) is 5.69 Å². The van der Waals surface area contributed by atoms with Crippen molar-refractivity contribution in [3.63, 3.8) is 0 Å². The van der Waals surface area contributed by atoms with Crippen molar-refractivity contribution in [2.45, 2.75) is 13.8 Å². The minimum Gasteiger partial charge on any atom is -0.484 e. The van der Waals surface area contributed by atoms with Crippen molar-refractivity contribution in [1.82, 2.24) is 4.98 Å². The zero-order valence-corrected chi connectivity index (χ0v) is 16.8. The van der Waals surface area contributed by atoms with E-state index >= 15 is 0 Å². The molecule has 1 N–H and O–H groups in total. The van der Waals surface area contributed by atoms with Crippen LogP contribution in [0.2, 0.25) is 5.02 Å². The number of ether oxygens (including phenoxy) is 1. The minimum atomic E-state index is -0.263. The molecule has 4 rings (SSSR count). The van der Waals surface area contributed by atoms with Gasteiger partial charge in [-0.1, -0.05) is 29.8 Å². The first kappa shape index (κ1) is 19.0. The fourth-order valence-electron chi connectivity index (χ4n) is 3.04. The first-order valence-electron chi connectivity index (χ1n) is 9.15. The van der Waals surface area contributed by atoms with E-state index in [1.54, 1.807) is 18.2 Å². The smallest absolute Gasteiger partial charge is 0.262 e. The Balaban J connectivity index is 1.44. The van der Waals surface area contributed by atoms with E-state index in [2.05, 4.69) is 10.3 Å². The summed E-state index contributed by atoms with van der Waals surface area (Å²) in [4.78, 5) is 16.8. The molecule has 3 aromatic carbocycles. The SMILES string of the molecule is Cc1cc(OCC(=O)Nc2ccc3oc(-c4ccccc4)nc3c2)cc(C)c1Cl. The number of aromatic nitrogens is 1. The fraction of sp³-hybridized carbons (Fsp3) is 0.130. The Labute approximate surface area is 173 Å². The summed E-state index contributed by atoms with van der Waals surface area (Å²) in [5.74, 6) is 0.890. The minimum absolute atomic E-state index is 0.105. The number of carbonyl (C=O) groups is 1. The van der Waals surface area contributed by atoms with E-state index in [0.29, 0.717) is 33.4 Å². The maximum absolute atomic E-state index is 12.3. The maximum Gasteiger partial charge on any atom is 0.262 e. The Morgan fingerprint density at radius 2 is 1.79 bits per heavy atom. The second-order valence-corrected chi connectivity index (χ2v) is 7.15. The van der Waals surface area contributed by atoms with Gasteiger partial charge in [0.1, 0.15) is 11.3 Å². The lowest BCUT2D eigenvalue weighted by atomic mass is 10.1. The van der Waals surface area contributed by atoms with Crippen molar-refractivity contribution in [3.8, 4) is 17.2 Å². The zero-order valence-electron chi connectivity index (χ0n) is 16.0. The molecule has 0 atom stereocenters. The standard InChI is InChI=1S/C23H19ClN2O3/c1-14-10-18(11-15(2)22(14)24)28-13-21(27)25-17-8-9-20-19(12-17)26-23(29-20)16-6-4-3-5-7-16/h3-12H,13H2,1-2H3,(H,25,27). The molecule has 0 aliphatic carbocycles. The van der Waals surface area contributed by atoms with Gasteiger partial charge in [0.05, 0.1) is 0 Å². The van der Waals surface area contributed by atoms with E-state index in [1.807, 2.05) is 56.3 Å². The molecule has 0 aliphatic rings. The van der Waals surface area contributed by atoms with Crippen molar-refractivity contribution in [3.05, 3.63) is 76.8 Å². The first-order valence-corrected chi connectivity index (χ1v) is 9.53. The molecule has 0 radical (unpaired) electrons. The van der Waals surface area contributed by atoms with Crippen LogP contribution < -0.4 is 10.1 Å². The van der Waals surface area contributed by atoms with Crippen LogP contribution in [0.3, 0.4) is 0 Å². The van der Waals surface area contributed by atoms with Crippen LogP contribution >= 0.6 is 11.6 Å². The third-order valence-electron chi connectivity index (χ3n) is 4.47. The number of nitrogens with zero attached hydrogens (tertiary/aromatic N) is 1. The molecule has 0 unspecified atom stereocenters. The molecule has 4 aromatic rings. The number of amides is 1. The van der Waals surface area contributed by atoms with E-state index in [4.69, 9.17) is 20.8 Å². The van der Waals surface area contributed by atoms with Crippen molar-refractivity contribution < 1.29 is 13.9 Å². The molecule has 5 nitrogen and oxygen atoms in total. The summed E-state index contributed by atoms with van der Waals surface area (Å²) in [6.07, 6.45) is 0. The molecule has 0 spiro atoms. The molecule has 0 aliphatic heterocycles. The molecule has 0 fully saturated rings. The van der Waals surface area contributed by atoms with Crippen LogP contribution in [-0.4, -0.2) is 17.5 Å². The number of fused-ring (bicyclic) bond motifs is 1. The largest absolute Gasteiger partial charge is 0.484 e. The molecule has 1 amide bonds. The highest BCUT2D eigenvalue weighted by Crippen LogP contribution is 2.27. The molecule has 29 heavy (non-hydrogen) atoms. The van der Waals surface area contributed by atoms with Crippen molar-refractivity contribution in [1.29, 1.82) is 0 Å². The molecule has 6 heteroatoms. The number of hydrogen-bond acceptors (Lipinski definition) is 4. The molecule has 0 saturated carbocycles.